The molecule has 1 saturated heterocycles. The first-order valence-corrected chi connectivity index (χ1v) is 7.87. The number of rotatable bonds is 3. The smallest absolute Gasteiger partial charge is 0.214 e. The van der Waals surface area contributed by atoms with E-state index in [0.717, 1.165) is 5.56 Å². The summed E-state index contributed by atoms with van der Waals surface area (Å²) < 4.78 is 30.8. The number of benzene rings is 1. The highest BCUT2D eigenvalue weighted by molar-refractivity contribution is 7.89. The molecule has 18 heavy (non-hydrogen) atoms. The Balaban J connectivity index is 2.20. The molecule has 0 aliphatic carbocycles. The van der Waals surface area contributed by atoms with Gasteiger partial charge in [-0.1, -0.05) is 29.8 Å². The van der Waals surface area contributed by atoms with Crippen molar-refractivity contribution in [3.63, 3.8) is 0 Å². The fourth-order valence-electron chi connectivity index (χ4n) is 1.99. The number of morpholine rings is 1. The minimum atomic E-state index is -3.16. The Labute approximate surface area is 113 Å². The summed E-state index contributed by atoms with van der Waals surface area (Å²) in [5.74, 6) is 0.113. The highest BCUT2D eigenvalue weighted by Crippen LogP contribution is 2.29. The van der Waals surface area contributed by atoms with Crippen LogP contribution in [0.4, 0.5) is 0 Å². The maximum atomic E-state index is 11.9. The Morgan fingerprint density at radius 2 is 2.17 bits per heavy atom. The summed E-state index contributed by atoms with van der Waals surface area (Å²) in [6, 6.07) is 7.37. The molecule has 0 radical (unpaired) electrons. The molecule has 0 bridgehead atoms. The summed E-state index contributed by atoms with van der Waals surface area (Å²) in [6.07, 6.45) is -0.284. The number of hydrogen-bond donors (Lipinski definition) is 0. The molecule has 1 unspecified atom stereocenters. The fraction of sp³-hybridized carbons (Fsp3) is 0.500. The molecular weight excluding hydrogens is 274 g/mol. The molecule has 0 amide bonds. The molecule has 0 saturated carbocycles. The molecule has 1 atom stereocenters. The van der Waals surface area contributed by atoms with E-state index in [1.165, 1.54) is 4.31 Å². The van der Waals surface area contributed by atoms with Crippen LogP contribution in [0.3, 0.4) is 0 Å². The van der Waals surface area contributed by atoms with Crippen LogP contribution in [0.15, 0.2) is 24.3 Å². The molecule has 0 spiro atoms. The Morgan fingerprint density at radius 1 is 1.44 bits per heavy atom. The molecule has 4 nitrogen and oxygen atoms in total. The number of nitrogens with zero attached hydrogens (tertiary/aromatic N) is 1. The van der Waals surface area contributed by atoms with Crippen LogP contribution < -0.4 is 0 Å². The minimum Gasteiger partial charge on any atom is -0.371 e. The van der Waals surface area contributed by atoms with Gasteiger partial charge in [0.2, 0.25) is 10.0 Å². The summed E-state index contributed by atoms with van der Waals surface area (Å²) in [5, 5.41) is 0.609. The van der Waals surface area contributed by atoms with Crippen LogP contribution in [0.25, 0.3) is 0 Å². The molecule has 1 aliphatic heterocycles. The normalized spacial score (nSPS) is 22.0. The molecule has 6 heteroatoms. The maximum Gasteiger partial charge on any atom is 0.214 e. The third kappa shape index (κ3) is 2.85. The standard InChI is InChI=1S/C12H16ClNO3S/c1-2-18(15,16)14-7-8-17-12(9-14)10-5-3-4-6-11(10)13/h3-6,12H,2,7-9H2,1H3. The highest BCUT2D eigenvalue weighted by atomic mass is 35.5. The van der Waals surface area contributed by atoms with E-state index in [0.29, 0.717) is 24.7 Å². The van der Waals surface area contributed by atoms with Gasteiger partial charge in [-0.15, -0.1) is 0 Å². The number of halogens is 1. The first-order valence-electron chi connectivity index (χ1n) is 5.88. The van der Waals surface area contributed by atoms with E-state index < -0.39 is 10.0 Å². The van der Waals surface area contributed by atoms with Crippen molar-refractivity contribution in [2.45, 2.75) is 13.0 Å². The van der Waals surface area contributed by atoms with Crippen LogP contribution in [0.1, 0.15) is 18.6 Å². The van der Waals surface area contributed by atoms with Crippen molar-refractivity contribution >= 4 is 21.6 Å². The number of ether oxygens (including phenoxy) is 1. The van der Waals surface area contributed by atoms with Crippen molar-refractivity contribution in [3.8, 4) is 0 Å². The van der Waals surface area contributed by atoms with Crippen LogP contribution in [0.5, 0.6) is 0 Å². The van der Waals surface area contributed by atoms with Crippen LogP contribution >= 0.6 is 11.6 Å². The molecule has 1 aromatic carbocycles. The minimum absolute atomic E-state index is 0.113. The van der Waals surface area contributed by atoms with Crippen LogP contribution in [0, 0.1) is 0 Å². The zero-order chi connectivity index (χ0) is 13.2. The monoisotopic (exact) mass is 289 g/mol. The van der Waals surface area contributed by atoms with Gasteiger partial charge in [0, 0.05) is 23.7 Å². The Kier molecular flexibility index (Phi) is 4.27. The summed E-state index contributed by atoms with van der Waals surface area (Å²) >= 11 is 6.11. The van der Waals surface area contributed by atoms with E-state index in [1.807, 2.05) is 18.2 Å². The predicted octanol–water partition coefficient (Wildman–Crippen LogP) is 2.06. The van der Waals surface area contributed by atoms with E-state index in [1.54, 1.807) is 13.0 Å². The third-order valence-corrected chi connectivity index (χ3v) is 5.23. The van der Waals surface area contributed by atoms with Crippen LogP contribution in [-0.2, 0) is 14.8 Å². The Bertz CT molecular complexity index is 518. The topological polar surface area (TPSA) is 46.6 Å². The van der Waals surface area contributed by atoms with Crippen LogP contribution in [-0.4, -0.2) is 38.2 Å². The van der Waals surface area contributed by atoms with Crippen molar-refractivity contribution in [2.24, 2.45) is 0 Å². The van der Waals surface area contributed by atoms with Gasteiger partial charge in [-0.3, -0.25) is 0 Å². The zero-order valence-corrected chi connectivity index (χ0v) is 11.7. The van der Waals surface area contributed by atoms with Gasteiger partial charge in [-0.25, -0.2) is 8.42 Å². The second-order valence-electron chi connectivity index (χ2n) is 4.14. The molecule has 1 aromatic rings. The molecule has 1 aliphatic rings. The second-order valence-corrected chi connectivity index (χ2v) is 6.80. The van der Waals surface area contributed by atoms with Gasteiger partial charge in [0.25, 0.3) is 0 Å². The van der Waals surface area contributed by atoms with E-state index in [4.69, 9.17) is 16.3 Å². The van der Waals surface area contributed by atoms with Crippen molar-refractivity contribution in [1.29, 1.82) is 0 Å². The molecule has 0 N–H and O–H groups in total. The van der Waals surface area contributed by atoms with Gasteiger partial charge in [-0.05, 0) is 13.0 Å². The van der Waals surface area contributed by atoms with Gasteiger partial charge in [0.05, 0.1) is 18.5 Å². The van der Waals surface area contributed by atoms with Gasteiger partial charge >= 0.3 is 0 Å². The summed E-state index contributed by atoms with van der Waals surface area (Å²) in [4.78, 5) is 0. The molecule has 1 fully saturated rings. The van der Waals surface area contributed by atoms with Crippen LogP contribution in [0.2, 0.25) is 5.02 Å². The van der Waals surface area contributed by atoms with Gasteiger partial charge in [-0.2, -0.15) is 4.31 Å². The fourth-order valence-corrected chi connectivity index (χ4v) is 3.32. The van der Waals surface area contributed by atoms with Crippen molar-refractivity contribution in [1.82, 2.24) is 4.31 Å². The first kappa shape index (κ1) is 13.8. The third-order valence-electron chi connectivity index (χ3n) is 3.04. The van der Waals surface area contributed by atoms with Gasteiger partial charge in [0.15, 0.2) is 0 Å². The molecule has 1 heterocycles. The second kappa shape index (κ2) is 5.57. The summed E-state index contributed by atoms with van der Waals surface area (Å²) in [6.45, 7) is 2.79. The van der Waals surface area contributed by atoms with Crippen molar-refractivity contribution in [2.75, 3.05) is 25.4 Å². The van der Waals surface area contributed by atoms with Gasteiger partial charge < -0.3 is 4.74 Å². The number of sulfonamides is 1. The lowest BCUT2D eigenvalue weighted by Gasteiger charge is -2.32. The largest absolute Gasteiger partial charge is 0.371 e. The quantitative estimate of drug-likeness (QED) is 0.856. The number of hydrogen-bond acceptors (Lipinski definition) is 3. The summed E-state index contributed by atoms with van der Waals surface area (Å²) in [5.41, 5.74) is 0.843. The lowest BCUT2D eigenvalue weighted by molar-refractivity contribution is -0.00244. The van der Waals surface area contributed by atoms with E-state index >= 15 is 0 Å². The lowest BCUT2D eigenvalue weighted by Crippen LogP contribution is -2.42. The average Bonchev–Trinajstić information content (AvgIpc) is 2.39. The molecular formula is C12H16ClNO3S. The van der Waals surface area contributed by atoms with Crippen molar-refractivity contribution < 1.29 is 13.2 Å². The SMILES string of the molecule is CCS(=O)(=O)N1CCOC(c2ccccc2Cl)C1. The average molecular weight is 290 g/mol. The van der Waals surface area contributed by atoms with E-state index in [-0.39, 0.29) is 11.9 Å². The Morgan fingerprint density at radius 3 is 2.83 bits per heavy atom. The maximum absolute atomic E-state index is 11.9. The predicted molar refractivity (Wildman–Crippen MR) is 71.2 cm³/mol. The van der Waals surface area contributed by atoms with Gasteiger partial charge in [0.1, 0.15) is 0 Å². The highest BCUT2D eigenvalue weighted by Gasteiger charge is 2.29. The van der Waals surface area contributed by atoms with Crippen molar-refractivity contribution in [3.05, 3.63) is 34.9 Å². The first-order chi connectivity index (χ1) is 8.54. The van der Waals surface area contributed by atoms with E-state index in [2.05, 4.69) is 0 Å². The Hall–Kier alpha value is -0.620. The summed E-state index contributed by atoms with van der Waals surface area (Å²) in [7, 11) is -3.16. The zero-order valence-electron chi connectivity index (χ0n) is 10.2. The molecule has 2 rings (SSSR count). The molecule has 0 aromatic heterocycles. The lowest BCUT2D eigenvalue weighted by atomic mass is 10.1. The molecule has 100 valence electrons. The van der Waals surface area contributed by atoms with E-state index in [9.17, 15) is 8.42 Å².